The summed E-state index contributed by atoms with van der Waals surface area (Å²) in [6, 6.07) is 0. The molecule has 0 aromatic rings. The monoisotopic (exact) mass is 177 g/mol. The highest BCUT2D eigenvalue weighted by Crippen LogP contribution is 2.10. The Kier molecular flexibility index (Phi) is 5.86. The van der Waals surface area contributed by atoms with E-state index in [9.17, 15) is 0 Å². The molecule has 0 heterocycles. The largest absolute Gasteiger partial charge is 0.269 e. The zero-order chi connectivity index (χ0) is 10.3. The summed E-state index contributed by atoms with van der Waals surface area (Å²) < 4.78 is 0. The van der Waals surface area contributed by atoms with Crippen LogP contribution >= 0.6 is 0 Å². The zero-order valence-electron chi connectivity index (χ0n) is 8.93. The first-order valence-electron chi connectivity index (χ1n) is 4.57. The Labute approximate surface area is 81.6 Å². The lowest BCUT2D eigenvalue weighted by Gasteiger charge is -1.98. The Bertz CT molecular complexity index is 244. The van der Waals surface area contributed by atoms with Crippen LogP contribution in [0.2, 0.25) is 0 Å². The summed E-state index contributed by atoms with van der Waals surface area (Å²) in [6.07, 6.45) is 6.18. The fourth-order valence-electron chi connectivity index (χ4n) is 0.839. The van der Waals surface area contributed by atoms with Crippen molar-refractivity contribution in [3.05, 3.63) is 35.6 Å². The van der Waals surface area contributed by atoms with Gasteiger partial charge in [0.25, 0.3) is 0 Å². The van der Waals surface area contributed by atoms with Crippen molar-refractivity contribution in [3.63, 3.8) is 0 Å². The molecule has 0 aliphatic rings. The van der Waals surface area contributed by atoms with E-state index in [4.69, 9.17) is 0 Å². The minimum Gasteiger partial charge on any atom is -0.269 e. The first-order chi connectivity index (χ1) is 6.10. The summed E-state index contributed by atoms with van der Waals surface area (Å²) in [5.74, 6) is 0. The number of hydrogen-bond donors (Lipinski definition) is 0. The van der Waals surface area contributed by atoms with Crippen LogP contribution < -0.4 is 0 Å². The minimum absolute atomic E-state index is 0.816. The molecular weight excluding hydrogens is 158 g/mol. The Balaban J connectivity index is 4.17. The van der Waals surface area contributed by atoms with Crippen LogP contribution in [0.5, 0.6) is 0 Å². The van der Waals surface area contributed by atoms with Gasteiger partial charge in [0.15, 0.2) is 0 Å². The molecule has 0 spiro atoms. The van der Waals surface area contributed by atoms with Crippen molar-refractivity contribution in [1.82, 2.24) is 0 Å². The third-order valence-electron chi connectivity index (χ3n) is 1.92. The van der Waals surface area contributed by atoms with Crippen LogP contribution in [0, 0.1) is 0 Å². The van der Waals surface area contributed by atoms with E-state index in [-0.39, 0.29) is 0 Å². The third kappa shape index (κ3) is 6.09. The number of hydrogen-bond acceptors (Lipinski definition) is 1. The van der Waals surface area contributed by atoms with Crippen LogP contribution in [0.3, 0.4) is 0 Å². The molecule has 0 fully saturated rings. The molecule has 13 heavy (non-hydrogen) atoms. The number of rotatable bonds is 5. The van der Waals surface area contributed by atoms with Gasteiger partial charge in [-0.05, 0) is 27.0 Å². The van der Waals surface area contributed by atoms with Crippen molar-refractivity contribution in [2.75, 3.05) is 0 Å². The third-order valence-corrected chi connectivity index (χ3v) is 1.92. The van der Waals surface area contributed by atoms with Crippen molar-refractivity contribution in [1.29, 1.82) is 0 Å². The molecule has 0 saturated carbocycles. The lowest BCUT2D eigenvalue weighted by molar-refractivity contribution is 1.08. The Morgan fingerprint density at radius 3 is 2.23 bits per heavy atom. The van der Waals surface area contributed by atoms with E-state index in [0.29, 0.717) is 0 Å². The molecule has 0 bridgehead atoms. The highest BCUT2D eigenvalue weighted by atomic mass is 14.7. The second kappa shape index (κ2) is 6.41. The van der Waals surface area contributed by atoms with E-state index in [1.54, 1.807) is 0 Å². The van der Waals surface area contributed by atoms with E-state index in [0.717, 1.165) is 18.5 Å². The van der Waals surface area contributed by atoms with Gasteiger partial charge in [0, 0.05) is 12.1 Å². The standard InChI is InChI=1S/C12H19N/c1-6-10(2)7-8-11(3)9-12(4)13-5/h7-8H,4-6,9H2,1-3H3/b10-7+,11-8+. The van der Waals surface area contributed by atoms with Crippen molar-refractivity contribution in [2.24, 2.45) is 4.99 Å². The van der Waals surface area contributed by atoms with Crippen molar-refractivity contribution >= 4 is 6.72 Å². The molecule has 1 heteroatoms. The van der Waals surface area contributed by atoms with Crippen molar-refractivity contribution in [3.8, 4) is 0 Å². The normalized spacial score (nSPS) is 12.8. The van der Waals surface area contributed by atoms with Crippen molar-refractivity contribution < 1.29 is 0 Å². The van der Waals surface area contributed by atoms with Gasteiger partial charge in [-0.15, -0.1) is 0 Å². The summed E-state index contributed by atoms with van der Waals surface area (Å²) in [7, 11) is 0. The molecular formula is C12H19N. The van der Waals surface area contributed by atoms with Crippen LogP contribution in [0.15, 0.2) is 40.6 Å². The molecule has 0 rings (SSSR count). The topological polar surface area (TPSA) is 12.4 Å². The molecule has 1 nitrogen and oxygen atoms in total. The second-order valence-corrected chi connectivity index (χ2v) is 3.28. The second-order valence-electron chi connectivity index (χ2n) is 3.28. The molecule has 0 radical (unpaired) electrons. The zero-order valence-corrected chi connectivity index (χ0v) is 8.93. The van der Waals surface area contributed by atoms with E-state index >= 15 is 0 Å². The quantitative estimate of drug-likeness (QED) is 0.446. The number of nitrogens with zero attached hydrogens (tertiary/aromatic N) is 1. The minimum atomic E-state index is 0.816. The summed E-state index contributed by atoms with van der Waals surface area (Å²) >= 11 is 0. The Morgan fingerprint density at radius 1 is 1.23 bits per heavy atom. The molecule has 0 aromatic carbocycles. The maximum absolute atomic E-state index is 3.77. The van der Waals surface area contributed by atoms with Crippen LogP contribution in [0.25, 0.3) is 0 Å². The van der Waals surface area contributed by atoms with Gasteiger partial charge in [-0.3, -0.25) is 4.99 Å². The Hall–Kier alpha value is -1.11. The fourth-order valence-corrected chi connectivity index (χ4v) is 0.839. The average molecular weight is 177 g/mol. The van der Waals surface area contributed by atoms with Gasteiger partial charge in [-0.2, -0.15) is 0 Å². The first-order valence-corrected chi connectivity index (χ1v) is 4.57. The van der Waals surface area contributed by atoms with Crippen LogP contribution in [0.4, 0.5) is 0 Å². The van der Waals surface area contributed by atoms with E-state index in [1.165, 1.54) is 11.1 Å². The predicted octanol–water partition coefficient (Wildman–Crippen LogP) is 3.89. The fraction of sp³-hybridized carbons (Fsp3) is 0.417. The van der Waals surface area contributed by atoms with Gasteiger partial charge >= 0.3 is 0 Å². The summed E-state index contributed by atoms with van der Waals surface area (Å²) in [5, 5.41) is 0. The van der Waals surface area contributed by atoms with E-state index < -0.39 is 0 Å². The smallest absolute Gasteiger partial charge is 0.0365 e. The number of allylic oxidation sites excluding steroid dienone is 4. The molecule has 72 valence electrons. The molecule has 0 N–H and O–H groups in total. The molecule has 0 aliphatic carbocycles. The van der Waals surface area contributed by atoms with Crippen LogP contribution in [0.1, 0.15) is 33.6 Å². The highest BCUT2D eigenvalue weighted by molar-refractivity contribution is 5.30. The van der Waals surface area contributed by atoms with Crippen LogP contribution in [-0.2, 0) is 0 Å². The first kappa shape index (κ1) is 11.9. The average Bonchev–Trinajstić information content (AvgIpc) is 2.13. The molecule has 0 aliphatic heterocycles. The SMILES string of the molecule is C=NC(=C)C/C(C)=C/C=C(\C)CC. The molecule has 0 aromatic heterocycles. The lowest BCUT2D eigenvalue weighted by atomic mass is 10.1. The summed E-state index contributed by atoms with van der Waals surface area (Å²) in [5.41, 5.74) is 3.48. The molecule has 0 saturated heterocycles. The van der Waals surface area contributed by atoms with Gasteiger partial charge in [0.1, 0.15) is 0 Å². The molecule has 0 atom stereocenters. The van der Waals surface area contributed by atoms with Gasteiger partial charge in [-0.25, -0.2) is 0 Å². The van der Waals surface area contributed by atoms with E-state index in [2.05, 4.69) is 51.2 Å². The van der Waals surface area contributed by atoms with Gasteiger partial charge in [0.2, 0.25) is 0 Å². The summed E-state index contributed by atoms with van der Waals surface area (Å²) in [6.45, 7) is 13.6. The van der Waals surface area contributed by atoms with Crippen LogP contribution in [-0.4, -0.2) is 6.72 Å². The van der Waals surface area contributed by atoms with Gasteiger partial charge in [0.05, 0.1) is 0 Å². The number of aliphatic imine (C=N–C) groups is 1. The highest BCUT2D eigenvalue weighted by Gasteiger charge is 1.91. The van der Waals surface area contributed by atoms with E-state index in [1.807, 2.05) is 0 Å². The molecule has 0 amide bonds. The maximum atomic E-state index is 3.77. The Morgan fingerprint density at radius 2 is 1.77 bits per heavy atom. The van der Waals surface area contributed by atoms with Crippen molar-refractivity contribution in [2.45, 2.75) is 33.6 Å². The van der Waals surface area contributed by atoms with Gasteiger partial charge < -0.3 is 0 Å². The summed E-state index contributed by atoms with van der Waals surface area (Å²) in [4.78, 5) is 3.77. The maximum Gasteiger partial charge on any atom is 0.0365 e. The molecule has 0 unspecified atom stereocenters. The lowest BCUT2D eigenvalue weighted by Crippen LogP contribution is -1.79. The van der Waals surface area contributed by atoms with Gasteiger partial charge in [-0.1, -0.05) is 36.8 Å². The predicted molar refractivity (Wildman–Crippen MR) is 61.1 cm³/mol.